The molecule has 0 amide bonds. The summed E-state index contributed by atoms with van der Waals surface area (Å²) >= 11 is 0. The average molecular weight is 552 g/mol. The lowest BCUT2D eigenvalue weighted by Crippen LogP contribution is -2.53. The van der Waals surface area contributed by atoms with E-state index < -0.39 is 27.7 Å². The molecule has 40 heavy (non-hydrogen) atoms. The zero-order valence-electron chi connectivity index (χ0n) is 23.8. The fourth-order valence-electron chi connectivity index (χ4n) is 5.01. The van der Waals surface area contributed by atoms with Crippen molar-refractivity contribution in [3.05, 3.63) is 62.0 Å². The highest BCUT2D eigenvalue weighted by Gasteiger charge is 2.61. The Morgan fingerprint density at radius 3 is 1.77 bits per heavy atom. The van der Waals surface area contributed by atoms with Crippen molar-refractivity contribution in [2.75, 3.05) is 5.73 Å². The molecule has 212 valence electrons. The number of aromatic nitrogens is 4. The van der Waals surface area contributed by atoms with Gasteiger partial charge in [0.2, 0.25) is 5.95 Å². The largest absolute Gasteiger partial charge is 0.714 e. The molecule has 4 heterocycles. The Morgan fingerprint density at radius 1 is 0.875 bits per heavy atom. The van der Waals surface area contributed by atoms with Crippen molar-refractivity contribution in [3.8, 4) is 0 Å². The van der Waals surface area contributed by atoms with E-state index in [1.54, 1.807) is 72.1 Å². The molecule has 0 saturated carbocycles. The van der Waals surface area contributed by atoms with E-state index in [-0.39, 0.29) is 46.5 Å². The molecule has 2 aliphatic rings. The van der Waals surface area contributed by atoms with E-state index >= 15 is 0 Å². The maximum Gasteiger partial charge on any atom is 0.316 e. The number of nitrogens with zero attached hydrogens (tertiary/aromatic N) is 7. The normalized spacial score (nSPS) is 21.2. The van der Waals surface area contributed by atoms with Crippen molar-refractivity contribution in [2.24, 2.45) is 0 Å². The molecule has 1 aromatic carbocycles. The topological polar surface area (TPSA) is 188 Å². The summed E-state index contributed by atoms with van der Waals surface area (Å²) in [6.07, 6.45) is 1.42. The van der Waals surface area contributed by atoms with Crippen LogP contribution in [0.15, 0.2) is 29.3 Å². The third kappa shape index (κ3) is 3.45. The Balaban J connectivity index is 1.74. The second-order valence-corrected chi connectivity index (χ2v) is 12.5. The number of hydroxylamine groups is 6. The van der Waals surface area contributed by atoms with Crippen LogP contribution in [0.3, 0.4) is 0 Å². The Labute approximate surface area is 230 Å². The van der Waals surface area contributed by atoms with Crippen LogP contribution < -0.4 is 11.3 Å². The smallest absolute Gasteiger partial charge is 0.316 e. The molecule has 0 spiro atoms. The van der Waals surface area contributed by atoms with Crippen LogP contribution in [-0.4, -0.2) is 73.0 Å². The lowest BCUT2D eigenvalue weighted by Gasteiger charge is -2.32. The Morgan fingerprint density at radius 2 is 1.35 bits per heavy atom. The summed E-state index contributed by atoms with van der Waals surface area (Å²) in [5, 5.41) is 55.4. The molecule has 3 N–H and O–H groups in total. The third-order valence-corrected chi connectivity index (χ3v) is 9.15. The first kappa shape index (κ1) is 27.4. The van der Waals surface area contributed by atoms with Crippen molar-refractivity contribution in [1.82, 2.24) is 29.6 Å². The zero-order valence-corrected chi connectivity index (χ0v) is 23.8. The van der Waals surface area contributed by atoms with E-state index in [1.165, 1.54) is 12.4 Å². The van der Waals surface area contributed by atoms with Gasteiger partial charge in [0, 0.05) is 10.4 Å². The number of benzene rings is 1. The summed E-state index contributed by atoms with van der Waals surface area (Å²) < 4.78 is 2.93. The molecule has 0 bridgehead atoms. The minimum absolute atomic E-state index is 0.0841. The molecule has 0 saturated heterocycles. The van der Waals surface area contributed by atoms with Crippen LogP contribution in [0.25, 0.3) is 11.2 Å². The van der Waals surface area contributed by atoms with Gasteiger partial charge in [0.25, 0.3) is 5.56 Å². The van der Waals surface area contributed by atoms with E-state index in [2.05, 4.69) is 15.0 Å². The Kier molecular flexibility index (Phi) is 5.60. The summed E-state index contributed by atoms with van der Waals surface area (Å²) in [6, 6.07) is 4.80. The number of nitrogens with one attached hydrogen (secondary N) is 1. The first-order valence-corrected chi connectivity index (χ1v) is 12.8. The fourth-order valence-corrected chi connectivity index (χ4v) is 5.01. The number of aromatic amines is 1. The predicted octanol–water partition coefficient (Wildman–Crippen LogP) is 1.70. The van der Waals surface area contributed by atoms with Gasteiger partial charge in [0.05, 0.1) is 24.0 Å². The zero-order chi connectivity index (χ0) is 29.7. The molecule has 2 radical (unpaired) electrons. The maximum absolute atomic E-state index is 13.5. The molecule has 0 fully saturated rings. The van der Waals surface area contributed by atoms with Crippen LogP contribution in [0.1, 0.15) is 72.1 Å². The Bertz CT molecular complexity index is 1610. The molecule has 14 nitrogen and oxygen atoms in total. The van der Waals surface area contributed by atoms with Crippen molar-refractivity contribution in [1.29, 1.82) is 0 Å². The highest BCUT2D eigenvalue weighted by atomic mass is 16.5. The van der Waals surface area contributed by atoms with Crippen molar-refractivity contribution >= 4 is 28.8 Å². The van der Waals surface area contributed by atoms with E-state index in [1.807, 2.05) is 0 Å². The molecule has 0 atom stereocenters. The first-order chi connectivity index (χ1) is 18.3. The van der Waals surface area contributed by atoms with Gasteiger partial charge in [-0.2, -0.15) is 4.98 Å². The molecule has 0 unspecified atom stereocenters. The molecule has 2 aliphatic heterocycles. The first-order valence-electron chi connectivity index (χ1n) is 12.8. The van der Waals surface area contributed by atoms with Gasteiger partial charge in [-0.15, -0.1) is 0 Å². The molecule has 0 aliphatic carbocycles. The van der Waals surface area contributed by atoms with Gasteiger partial charge in [-0.05, 0) is 79.2 Å². The molecule has 3 aromatic rings. The third-order valence-electron chi connectivity index (χ3n) is 9.15. The van der Waals surface area contributed by atoms with Gasteiger partial charge in [-0.25, -0.2) is 4.98 Å². The molecule has 5 rings (SSSR count). The molecule has 14 heteroatoms. The van der Waals surface area contributed by atoms with E-state index in [4.69, 9.17) is 5.73 Å². The highest BCUT2D eigenvalue weighted by Crippen LogP contribution is 2.40. The minimum atomic E-state index is -1.08. The summed E-state index contributed by atoms with van der Waals surface area (Å²) in [4.78, 5) is 23.0. The van der Waals surface area contributed by atoms with Gasteiger partial charge in [-0.3, -0.25) is 19.3 Å². The summed E-state index contributed by atoms with van der Waals surface area (Å²) in [6.45, 7) is 13.6. The standard InChI is InChI=1S/C26H33N9O5/c1-23(2)24(3,4)33(38)20(32(23)37)15-9-14(12-31-13-28-17-18(31)29-22(27)30-19(17)36)10-16(11-15)21-34(39)25(5,6)26(7,8)35(21)40/h9-11,13H,12H2,1-8H3,(H3,27,29,30,36). The van der Waals surface area contributed by atoms with Gasteiger partial charge >= 0.3 is 11.7 Å². The fraction of sp³-hybridized carbons (Fsp3) is 0.500. The highest BCUT2D eigenvalue weighted by molar-refractivity contribution is 6.01. The number of nitrogens with two attached hydrogens (primary N) is 1. The lowest BCUT2D eigenvalue weighted by molar-refractivity contribution is -0.539. The van der Waals surface area contributed by atoms with Gasteiger partial charge in [0.1, 0.15) is 11.1 Å². The number of anilines is 1. The van der Waals surface area contributed by atoms with Crippen LogP contribution in [0.5, 0.6) is 0 Å². The quantitative estimate of drug-likeness (QED) is 0.362. The number of H-pyrrole nitrogens is 1. The van der Waals surface area contributed by atoms with Crippen LogP contribution in [0.4, 0.5) is 5.95 Å². The second-order valence-electron chi connectivity index (χ2n) is 12.5. The molecule has 2 aromatic heterocycles. The SMILES string of the molecule is CC1(C)N([O])C(c2cc(Cn3cnc4c(=O)[nH]c(N)nc43)cc(C3=[N+]([O-])C(C)(C)C(C)(C)N3[O])c2)=[N+]([O-])C1(C)C. The van der Waals surface area contributed by atoms with Gasteiger partial charge in [-0.1, -0.05) is 10.1 Å². The number of imidazole rings is 1. The summed E-state index contributed by atoms with van der Waals surface area (Å²) in [5.41, 5.74) is 2.24. The number of amidine groups is 2. The van der Waals surface area contributed by atoms with Crippen LogP contribution in [-0.2, 0) is 17.0 Å². The number of nitrogen functional groups attached to an aromatic ring is 1. The predicted molar refractivity (Wildman–Crippen MR) is 145 cm³/mol. The number of hydrogen-bond donors (Lipinski definition) is 2. The van der Waals surface area contributed by atoms with E-state index in [9.17, 15) is 25.6 Å². The summed E-state index contributed by atoms with van der Waals surface area (Å²) in [7, 11) is 0. The van der Waals surface area contributed by atoms with Gasteiger partial charge < -0.3 is 20.7 Å². The molecular weight excluding hydrogens is 518 g/mol. The molecular formula is C26H33N9O5. The number of fused-ring (bicyclic) bond motifs is 1. The maximum atomic E-state index is 13.5. The van der Waals surface area contributed by atoms with Crippen LogP contribution in [0, 0.1) is 10.4 Å². The lowest BCUT2D eigenvalue weighted by atomic mass is 9.84. The van der Waals surface area contributed by atoms with Crippen molar-refractivity contribution in [2.45, 2.75) is 84.1 Å². The second kappa shape index (κ2) is 8.17. The number of rotatable bonds is 4. The van der Waals surface area contributed by atoms with Crippen LogP contribution in [0.2, 0.25) is 0 Å². The monoisotopic (exact) mass is 551 g/mol. The van der Waals surface area contributed by atoms with Gasteiger partial charge in [0.15, 0.2) is 22.2 Å². The van der Waals surface area contributed by atoms with Crippen LogP contribution >= 0.6 is 0 Å². The van der Waals surface area contributed by atoms with E-state index in [0.29, 0.717) is 25.2 Å². The average Bonchev–Trinajstić information content (AvgIpc) is 3.34. The van der Waals surface area contributed by atoms with Crippen molar-refractivity contribution in [3.63, 3.8) is 0 Å². The number of hydrogen-bond acceptors (Lipinski definition) is 8. The Hall–Kier alpha value is -4.17. The van der Waals surface area contributed by atoms with Crippen molar-refractivity contribution < 1.29 is 19.9 Å². The summed E-state index contributed by atoms with van der Waals surface area (Å²) in [5.74, 6) is -0.363. The minimum Gasteiger partial charge on any atom is -0.714 e. The van der Waals surface area contributed by atoms with E-state index in [0.717, 1.165) is 0 Å².